The van der Waals surface area contributed by atoms with Crippen LogP contribution in [-0.4, -0.2) is 16.5 Å². The van der Waals surface area contributed by atoms with Crippen LogP contribution < -0.4 is 5.73 Å². The fraction of sp³-hybridized carbons (Fsp3) is 0.500. The highest BCUT2D eigenvalue weighted by molar-refractivity contribution is 7.99. The van der Waals surface area contributed by atoms with Crippen LogP contribution in [0.2, 0.25) is 5.02 Å². The van der Waals surface area contributed by atoms with Crippen molar-refractivity contribution in [2.45, 2.75) is 36.2 Å². The molecule has 0 aliphatic heterocycles. The van der Waals surface area contributed by atoms with Gasteiger partial charge in [-0.05, 0) is 31.0 Å². The predicted molar refractivity (Wildman–Crippen MR) is 70.0 cm³/mol. The number of hydrogen-bond donors (Lipinski definition) is 2. The lowest BCUT2D eigenvalue weighted by Crippen LogP contribution is -2.27. The van der Waals surface area contributed by atoms with E-state index >= 15 is 0 Å². The highest BCUT2D eigenvalue weighted by atomic mass is 35.5. The zero-order valence-corrected chi connectivity index (χ0v) is 10.7. The van der Waals surface area contributed by atoms with Gasteiger partial charge >= 0.3 is 0 Å². The van der Waals surface area contributed by atoms with Crippen LogP contribution >= 0.6 is 23.4 Å². The molecule has 2 nitrogen and oxygen atoms in total. The molecule has 1 saturated carbocycles. The van der Waals surface area contributed by atoms with E-state index in [-0.39, 0.29) is 0 Å². The molecule has 0 radical (unpaired) electrons. The summed E-state index contributed by atoms with van der Waals surface area (Å²) in [7, 11) is 0. The number of thioether (sulfide) groups is 1. The van der Waals surface area contributed by atoms with Crippen LogP contribution in [0.1, 0.15) is 25.7 Å². The van der Waals surface area contributed by atoms with Gasteiger partial charge in [0, 0.05) is 16.3 Å². The number of aliphatic hydroxyl groups is 1. The van der Waals surface area contributed by atoms with Crippen LogP contribution in [0.15, 0.2) is 23.1 Å². The maximum Gasteiger partial charge on any atom is 0.0741 e. The molecule has 0 unspecified atom stereocenters. The number of hydrogen-bond acceptors (Lipinski definition) is 3. The lowest BCUT2D eigenvalue weighted by Gasteiger charge is -2.21. The number of nitrogen functional groups attached to an aromatic ring is 1. The summed E-state index contributed by atoms with van der Waals surface area (Å²) in [6.07, 6.45) is 4.06. The molecular weight excluding hydrogens is 242 g/mol. The first kappa shape index (κ1) is 12.1. The number of anilines is 1. The Labute approximate surface area is 105 Å². The molecule has 0 aromatic heterocycles. The first-order chi connectivity index (χ1) is 7.59. The van der Waals surface area contributed by atoms with Gasteiger partial charge in [0.15, 0.2) is 0 Å². The van der Waals surface area contributed by atoms with E-state index in [1.807, 2.05) is 6.07 Å². The van der Waals surface area contributed by atoms with Gasteiger partial charge in [-0.1, -0.05) is 24.4 Å². The van der Waals surface area contributed by atoms with Crippen molar-refractivity contribution >= 4 is 29.1 Å². The molecule has 1 aliphatic rings. The Morgan fingerprint density at radius 3 is 2.75 bits per heavy atom. The molecule has 1 aliphatic carbocycles. The summed E-state index contributed by atoms with van der Waals surface area (Å²) in [6.45, 7) is 0. The summed E-state index contributed by atoms with van der Waals surface area (Å²) in [5, 5.41) is 10.9. The van der Waals surface area contributed by atoms with E-state index in [1.165, 1.54) is 0 Å². The lowest BCUT2D eigenvalue weighted by atomic mass is 10.1. The molecule has 3 N–H and O–H groups in total. The molecule has 0 amide bonds. The molecule has 0 bridgehead atoms. The van der Waals surface area contributed by atoms with Gasteiger partial charge in [0.05, 0.1) is 10.6 Å². The maximum atomic E-state index is 10.2. The van der Waals surface area contributed by atoms with Crippen LogP contribution in [0.25, 0.3) is 0 Å². The second-order valence-corrected chi connectivity index (χ2v) is 5.83. The van der Waals surface area contributed by atoms with Crippen LogP contribution in [-0.2, 0) is 0 Å². The van der Waals surface area contributed by atoms with Crippen molar-refractivity contribution in [3.8, 4) is 0 Å². The van der Waals surface area contributed by atoms with E-state index in [4.69, 9.17) is 17.3 Å². The first-order valence-electron chi connectivity index (χ1n) is 5.49. The van der Waals surface area contributed by atoms with Crippen molar-refractivity contribution in [3.63, 3.8) is 0 Å². The molecule has 0 spiro atoms. The van der Waals surface area contributed by atoms with Crippen LogP contribution in [0.3, 0.4) is 0 Å². The molecule has 88 valence electrons. The summed E-state index contributed by atoms with van der Waals surface area (Å²) >= 11 is 7.66. The van der Waals surface area contributed by atoms with Gasteiger partial charge in [0.2, 0.25) is 0 Å². The molecule has 1 aromatic carbocycles. The summed E-state index contributed by atoms with van der Waals surface area (Å²) in [5.41, 5.74) is 5.92. The Morgan fingerprint density at radius 2 is 2.06 bits per heavy atom. The van der Waals surface area contributed by atoms with Gasteiger partial charge in [-0.15, -0.1) is 11.8 Å². The van der Waals surface area contributed by atoms with Crippen molar-refractivity contribution in [1.82, 2.24) is 0 Å². The number of nitrogens with two attached hydrogens (primary N) is 1. The third-order valence-corrected chi connectivity index (χ3v) is 4.76. The molecular formula is C12H16ClNOS. The Balaban J connectivity index is 2.01. The topological polar surface area (TPSA) is 46.2 Å². The summed E-state index contributed by atoms with van der Waals surface area (Å²) in [5.74, 6) is 0.705. The van der Waals surface area contributed by atoms with Gasteiger partial charge in [-0.25, -0.2) is 0 Å². The fourth-order valence-electron chi connectivity index (χ4n) is 2.02. The van der Waals surface area contributed by atoms with E-state index in [2.05, 4.69) is 0 Å². The predicted octanol–water partition coefficient (Wildman–Crippen LogP) is 3.32. The minimum absolute atomic E-state index is 0.501. The van der Waals surface area contributed by atoms with E-state index in [9.17, 15) is 5.11 Å². The minimum Gasteiger partial charge on any atom is -0.399 e. The molecule has 1 aromatic rings. The fourth-order valence-corrected chi connectivity index (χ4v) is 3.44. The zero-order valence-electron chi connectivity index (χ0n) is 9.08. The monoisotopic (exact) mass is 257 g/mol. The smallest absolute Gasteiger partial charge is 0.0741 e. The van der Waals surface area contributed by atoms with Crippen molar-refractivity contribution in [2.75, 3.05) is 11.5 Å². The van der Waals surface area contributed by atoms with Crippen molar-refractivity contribution in [1.29, 1.82) is 0 Å². The third kappa shape index (κ3) is 2.84. The number of rotatable bonds is 3. The SMILES string of the molecule is Nc1ccc(Cl)c(SCC2(O)CCCC2)c1. The van der Waals surface area contributed by atoms with Gasteiger partial charge < -0.3 is 10.8 Å². The lowest BCUT2D eigenvalue weighted by molar-refractivity contribution is 0.0733. The average molecular weight is 258 g/mol. The second kappa shape index (κ2) is 4.86. The molecule has 4 heteroatoms. The minimum atomic E-state index is -0.501. The second-order valence-electron chi connectivity index (χ2n) is 4.41. The standard InChI is InChI=1S/C12H16ClNOS/c13-10-4-3-9(14)7-11(10)16-8-12(15)5-1-2-6-12/h3-4,7,15H,1-2,5-6,8,14H2. The van der Waals surface area contributed by atoms with Crippen LogP contribution in [0.5, 0.6) is 0 Å². The quantitative estimate of drug-likeness (QED) is 0.645. The van der Waals surface area contributed by atoms with E-state index in [0.29, 0.717) is 16.5 Å². The maximum absolute atomic E-state index is 10.2. The third-order valence-electron chi connectivity index (χ3n) is 2.99. The molecule has 1 fully saturated rings. The van der Waals surface area contributed by atoms with Gasteiger partial charge in [-0.2, -0.15) is 0 Å². The van der Waals surface area contributed by atoms with E-state index < -0.39 is 5.60 Å². The largest absolute Gasteiger partial charge is 0.399 e. The molecule has 16 heavy (non-hydrogen) atoms. The first-order valence-corrected chi connectivity index (χ1v) is 6.86. The Kier molecular flexibility index (Phi) is 3.67. The Hall–Kier alpha value is -0.380. The van der Waals surface area contributed by atoms with Crippen LogP contribution in [0, 0.1) is 0 Å². The average Bonchev–Trinajstić information content (AvgIpc) is 2.67. The molecule has 2 rings (SSSR count). The zero-order chi connectivity index (χ0) is 11.6. The molecule has 0 atom stereocenters. The summed E-state index contributed by atoms with van der Waals surface area (Å²) < 4.78 is 0. The van der Waals surface area contributed by atoms with Crippen LogP contribution in [0.4, 0.5) is 5.69 Å². The van der Waals surface area contributed by atoms with Gasteiger partial charge in [-0.3, -0.25) is 0 Å². The summed E-state index contributed by atoms with van der Waals surface area (Å²) in [6, 6.07) is 5.46. The van der Waals surface area contributed by atoms with Gasteiger partial charge in [0.1, 0.15) is 0 Å². The highest BCUT2D eigenvalue weighted by Crippen LogP contribution is 2.37. The number of benzene rings is 1. The van der Waals surface area contributed by atoms with Crippen molar-refractivity contribution < 1.29 is 5.11 Å². The highest BCUT2D eigenvalue weighted by Gasteiger charge is 2.31. The Morgan fingerprint density at radius 1 is 1.38 bits per heavy atom. The van der Waals surface area contributed by atoms with Crippen molar-refractivity contribution in [2.24, 2.45) is 0 Å². The van der Waals surface area contributed by atoms with Crippen molar-refractivity contribution in [3.05, 3.63) is 23.2 Å². The number of halogens is 1. The Bertz CT molecular complexity index is 377. The molecule has 0 saturated heterocycles. The van der Waals surface area contributed by atoms with E-state index in [0.717, 1.165) is 30.6 Å². The van der Waals surface area contributed by atoms with Gasteiger partial charge in [0.25, 0.3) is 0 Å². The summed E-state index contributed by atoms with van der Waals surface area (Å²) in [4.78, 5) is 0.960. The normalized spacial score (nSPS) is 18.9. The van der Waals surface area contributed by atoms with E-state index in [1.54, 1.807) is 23.9 Å². The molecule has 0 heterocycles.